The van der Waals surface area contributed by atoms with Crippen LogP contribution >= 0.6 is 23.2 Å². The maximum Gasteiger partial charge on any atom is 0.407 e. The van der Waals surface area contributed by atoms with Crippen molar-refractivity contribution in [3.63, 3.8) is 0 Å². The van der Waals surface area contributed by atoms with Crippen LogP contribution in [0.4, 0.5) is 16.2 Å². The van der Waals surface area contributed by atoms with Crippen molar-refractivity contribution in [1.82, 2.24) is 5.32 Å². The average Bonchev–Trinajstić information content (AvgIpc) is 2.96. The number of ether oxygens (including phenoxy) is 1. The SMILES string of the molecule is O=C(NC1Cc2ccccc2N(C(=O)c2ccc(NC(=O)c3cc(Cl)cc(Cl)c3)cc2)C1)OCc1ccccc1. The topological polar surface area (TPSA) is 87.7 Å². The number of benzene rings is 4. The van der Waals surface area contributed by atoms with E-state index in [0.717, 1.165) is 16.8 Å². The smallest absolute Gasteiger partial charge is 0.407 e. The molecular weight excluding hydrogens is 549 g/mol. The Kier molecular flexibility index (Phi) is 8.34. The van der Waals surface area contributed by atoms with E-state index in [9.17, 15) is 14.4 Å². The summed E-state index contributed by atoms with van der Waals surface area (Å²) in [6.07, 6.45) is 0.0283. The lowest BCUT2D eigenvalue weighted by molar-refractivity contribution is 0.0977. The van der Waals surface area contributed by atoms with E-state index in [1.54, 1.807) is 35.2 Å². The van der Waals surface area contributed by atoms with Gasteiger partial charge in [0.25, 0.3) is 11.8 Å². The molecule has 0 saturated carbocycles. The first-order chi connectivity index (χ1) is 19.4. The van der Waals surface area contributed by atoms with Crippen molar-refractivity contribution in [1.29, 1.82) is 0 Å². The van der Waals surface area contributed by atoms with E-state index in [-0.39, 0.29) is 31.0 Å². The standard InChI is InChI=1S/C31H25Cl2N3O4/c32-24-14-23(15-25(33)17-24)29(37)34-26-12-10-21(11-13-26)30(38)36-18-27(16-22-8-4-5-9-28(22)36)35-31(39)40-19-20-6-2-1-3-7-20/h1-15,17,27H,16,18-19H2,(H,34,37)(H,35,39). The fourth-order valence-corrected chi connectivity index (χ4v) is 5.08. The van der Waals surface area contributed by atoms with Crippen molar-refractivity contribution in [2.24, 2.45) is 0 Å². The van der Waals surface area contributed by atoms with E-state index in [4.69, 9.17) is 27.9 Å². The highest BCUT2D eigenvalue weighted by Crippen LogP contribution is 2.29. The molecule has 7 nitrogen and oxygen atoms in total. The monoisotopic (exact) mass is 573 g/mol. The molecule has 5 rings (SSSR count). The van der Waals surface area contributed by atoms with Gasteiger partial charge in [-0.15, -0.1) is 0 Å². The van der Waals surface area contributed by atoms with Gasteiger partial charge in [0.1, 0.15) is 6.61 Å². The van der Waals surface area contributed by atoms with Crippen molar-refractivity contribution in [3.8, 4) is 0 Å². The molecule has 1 aliphatic heterocycles. The van der Waals surface area contributed by atoms with E-state index in [2.05, 4.69) is 10.6 Å². The zero-order valence-corrected chi connectivity index (χ0v) is 22.8. The minimum atomic E-state index is -0.540. The number of carbonyl (C=O) groups excluding carboxylic acids is 3. The molecule has 0 bridgehead atoms. The summed E-state index contributed by atoms with van der Waals surface area (Å²) in [5.74, 6) is -0.599. The van der Waals surface area contributed by atoms with Gasteiger partial charge in [-0.05, 0) is 66.1 Å². The van der Waals surface area contributed by atoms with Gasteiger partial charge in [0.05, 0.1) is 6.04 Å². The van der Waals surface area contributed by atoms with E-state index >= 15 is 0 Å². The van der Waals surface area contributed by atoms with Gasteiger partial charge in [0, 0.05) is 39.1 Å². The number of hydrogen-bond donors (Lipinski definition) is 2. The summed E-state index contributed by atoms with van der Waals surface area (Å²) in [5, 5.41) is 6.40. The predicted molar refractivity (Wildman–Crippen MR) is 156 cm³/mol. The molecule has 1 heterocycles. The third-order valence-electron chi connectivity index (χ3n) is 6.45. The molecule has 4 aromatic rings. The fraction of sp³-hybridized carbons (Fsp3) is 0.129. The average molecular weight is 574 g/mol. The van der Waals surface area contributed by atoms with Gasteiger partial charge < -0.3 is 20.3 Å². The van der Waals surface area contributed by atoms with Crippen LogP contribution in [0.2, 0.25) is 10.0 Å². The number of para-hydroxylation sites is 1. The summed E-state index contributed by atoms with van der Waals surface area (Å²) in [6.45, 7) is 0.441. The second-order valence-corrected chi connectivity index (χ2v) is 10.2. The summed E-state index contributed by atoms with van der Waals surface area (Å²) < 4.78 is 5.39. The molecule has 202 valence electrons. The summed E-state index contributed by atoms with van der Waals surface area (Å²) in [7, 11) is 0. The highest BCUT2D eigenvalue weighted by molar-refractivity contribution is 6.35. The van der Waals surface area contributed by atoms with Crippen molar-refractivity contribution < 1.29 is 19.1 Å². The van der Waals surface area contributed by atoms with Crippen LogP contribution in [0.5, 0.6) is 0 Å². The molecule has 2 N–H and O–H groups in total. The first-order valence-corrected chi connectivity index (χ1v) is 13.4. The summed E-state index contributed by atoms with van der Waals surface area (Å²) in [5.41, 5.74) is 3.89. The van der Waals surface area contributed by atoms with Gasteiger partial charge >= 0.3 is 6.09 Å². The number of nitrogens with one attached hydrogen (secondary N) is 2. The normalized spacial score (nSPS) is 14.2. The minimum absolute atomic E-state index is 0.159. The molecule has 1 unspecified atom stereocenters. The van der Waals surface area contributed by atoms with Gasteiger partial charge in [-0.1, -0.05) is 71.7 Å². The van der Waals surface area contributed by atoms with Crippen molar-refractivity contribution in [2.75, 3.05) is 16.8 Å². The van der Waals surface area contributed by atoms with E-state index in [0.29, 0.717) is 33.3 Å². The Morgan fingerprint density at radius 3 is 2.23 bits per heavy atom. The summed E-state index contributed by atoms with van der Waals surface area (Å²) in [4.78, 5) is 40.4. The molecule has 0 aliphatic carbocycles. The van der Waals surface area contributed by atoms with Crippen molar-refractivity contribution in [3.05, 3.63) is 129 Å². The minimum Gasteiger partial charge on any atom is -0.445 e. The van der Waals surface area contributed by atoms with Gasteiger partial charge in [0.15, 0.2) is 0 Å². The van der Waals surface area contributed by atoms with Crippen molar-refractivity contribution in [2.45, 2.75) is 19.1 Å². The maximum atomic E-state index is 13.6. The van der Waals surface area contributed by atoms with Crippen LogP contribution in [-0.4, -0.2) is 30.5 Å². The number of hydrogen-bond acceptors (Lipinski definition) is 4. The molecule has 40 heavy (non-hydrogen) atoms. The van der Waals surface area contributed by atoms with Gasteiger partial charge in [0.2, 0.25) is 0 Å². The third-order valence-corrected chi connectivity index (χ3v) is 6.88. The number of amides is 3. The number of alkyl carbamates (subject to hydrolysis) is 1. The second-order valence-electron chi connectivity index (χ2n) is 9.34. The van der Waals surface area contributed by atoms with E-state index < -0.39 is 6.09 Å². The van der Waals surface area contributed by atoms with E-state index in [1.807, 2.05) is 54.6 Å². The highest BCUT2D eigenvalue weighted by Gasteiger charge is 2.30. The molecule has 0 spiro atoms. The summed E-state index contributed by atoms with van der Waals surface area (Å²) >= 11 is 12.0. The van der Waals surface area contributed by atoms with Crippen LogP contribution in [0.3, 0.4) is 0 Å². The van der Waals surface area contributed by atoms with Crippen LogP contribution in [0.1, 0.15) is 31.8 Å². The Hall–Kier alpha value is -4.33. The molecule has 0 aromatic heterocycles. The Balaban J connectivity index is 1.26. The lowest BCUT2D eigenvalue weighted by Crippen LogP contribution is -2.50. The second kappa shape index (κ2) is 12.2. The molecule has 3 amide bonds. The largest absolute Gasteiger partial charge is 0.445 e. The zero-order valence-electron chi connectivity index (χ0n) is 21.3. The third kappa shape index (κ3) is 6.62. The highest BCUT2D eigenvalue weighted by atomic mass is 35.5. The van der Waals surface area contributed by atoms with Crippen LogP contribution in [0, 0.1) is 0 Å². The zero-order chi connectivity index (χ0) is 28.1. The van der Waals surface area contributed by atoms with Crippen LogP contribution in [-0.2, 0) is 17.8 Å². The molecular formula is C31H25Cl2N3O4. The lowest BCUT2D eigenvalue weighted by atomic mass is 9.97. The lowest BCUT2D eigenvalue weighted by Gasteiger charge is -2.35. The number of fused-ring (bicyclic) bond motifs is 1. The summed E-state index contributed by atoms with van der Waals surface area (Å²) in [6, 6.07) is 27.9. The number of carbonyl (C=O) groups is 3. The van der Waals surface area contributed by atoms with Gasteiger partial charge in [-0.2, -0.15) is 0 Å². The van der Waals surface area contributed by atoms with Gasteiger partial charge in [-0.25, -0.2) is 4.79 Å². The Labute approximate surface area is 241 Å². The fourth-order valence-electron chi connectivity index (χ4n) is 4.56. The predicted octanol–water partition coefficient (Wildman–Crippen LogP) is 6.74. The first-order valence-electron chi connectivity index (χ1n) is 12.6. The Bertz CT molecular complexity index is 1520. The van der Waals surface area contributed by atoms with Crippen molar-refractivity contribution >= 4 is 52.5 Å². The molecule has 0 fully saturated rings. The molecule has 9 heteroatoms. The number of nitrogens with zero attached hydrogens (tertiary/aromatic N) is 1. The van der Waals surface area contributed by atoms with Gasteiger partial charge in [-0.3, -0.25) is 9.59 Å². The van der Waals surface area contributed by atoms with Crippen LogP contribution in [0.15, 0.2) is 97.1 Å². The molecule has 1 aliphatic rings. The van der Waals surface area contributed by atoms with Crippen LogP contribution < -0.4 is 15.5 Å². The quantitative estimate of drug-likeness (QED) is 0.267. The first kappa shape index (κ1) is 27.2. The van der Waals surface area contributed by atoms with E-state index in [1.165, 1.54) is 12.1 Å². The molecule has 0 saturated heterocycles. The Morgan fingerprint density at radius 1 is 0.825 bits per heavy atom. The molecule has 0 radical (unpaired) electrons. The number of rotatable bonds is 6. The molecule has 4 aromatic carbocycles. The maximum absolute atomic E-state index is 13.6. The molecule has 1 atom stereocenters. The van der Waals surface area contributed by atoms with Crippen LogP contribution in [0.25, 0.3) is 0 Å². The number of anilines is 2. The number of halogens is 2. The Morgan fingerprint density at radius 2 is 1.50 bits per heavy atom.